The standard InChI is InChI=1S/C16H24N4/c1-12(2)20-16(18-11-19-20)9-15(10-17)8-14-6-4-13(3)5-7-14/h4-7,11-12,15H,8-10,17H2,1-3H3. The number of aromatic nitrogens is 3. The number of nitrogens with two attached hydrogens (primary N) is 1. The van der Waals surface area contributed by atoms with Crippen LogP contribution in [-0.4, -0.2) is 21.3 Å². The van der Waals surface area contributed by atoms with E-state index in [2.05, 4.69) is 55.1 Å². The van der Waals surface area contributed by atoms with Gasteiger partial charge in [0.25, 0.3) is 0 Å². The number of aryl methyl sites for hydroxylation is 1. The summed E-state index contributed by atoms with van der Waals surface area (Å²) in [6.07, 6.45) is 3.50. The number of nitrogens with zero attached hydrogens (tertiary/aromatic N) is 3. The fraction of sp³-hybridized carbons (Fsp3) is 0.500. The molecule has 1 heterocycles. The Morgan fingerprint density at radius 3 is 2.45 bits per heavy atom. The number of benzene rings is 1. The van der Waals surface area contributed by atoms with E-state index < -0.39 is 0 Å². The maximum atomic E-state index is 5.94. The summed E-state index contributed by atoms with van der Waals surface area (Å²) >= 11 is 0. The Kier molecular flexibility index (Phi) is 4.90. The third-order valence-electron chi connectivity index (χ3n) is 3.59. The maximum Gasteiger partial charge on any atom is 0.138 e. The van der Waals surface area contributed by atoms with E-state index in [4.69, 9.17) is 5.73 Å². The fourth-order valence-corrected chi connectivity index (χ4v) is 2.41. The lowest BCUT2D eigenvalue weighted by Gasteiger charge is -2.16. The molecule has 20 heavy (non-hydrogen) atoms. The van der Waals surface area contributed by atoms with Crippen molar-refractivity contribution in [3.05, 3.63) is 47.5 Å². The monoisotopic (exact) mass is 272 g/mol. The molecule has 0 saturated heterocycles. The zero-order valence-electron chi connectivity index (χ0n) is 12.6. The topological polar surface area (TPSA) is 56.7 Å². The van der Waals surface area contributed by atoms with Crippen molar-refractivity contribution in [1.82, 2.24) is 14.8 Å². The van der Waals surface area contributed by atoms with Crippen molar-refractivity contribution in [3.8, 4) is 0 Å². The highest BCUT2D eigenvalue weighted by Gasteiger charge is 2.14. The average molecular weight is 272 g/mol. The summed E-state index contributed by atoms with van der Waals surface area (Å²) in [4.78, 5) is 4.38. The van der Waals surface area contributed by atoms with Crippen LogP contribution in [0.4, 0.5) is 0 Å². The highest BCUT2D eigenvalue weighted by molar-refractivity contribution is 5.21. The molecule has 0 aliphatic rings. The van der Waals surface area contributed by atoms with Gasteiger partial charge in [-0.1, -0.05) is 29.8 Å². The third-order valence-corrected chi connectivity index (χ3v) is 3.59. The molecule has 0 spiro atoms. The molecule has 4 heteroatoms. The Labute approximate surface area is 121 Å². The summed E-state index contributed by atoms with van der Waals surface area (Å²) in [5.41, 5.74) is 8.56. The summed E-state index contributed by atoms with van der Waals surface area (Å²) < 4.78 is 1.98. The predicted octanol–water partition coefficient (Wildman–Crippen LogP) is 2.53. The van der Waals surface area contributed by atoms with Gasteiger partial charge >= 0.3 is 0 Å². The zero-order chi connectivity index (χ0) is 14.5. The lowest BCUT2D eigenvalue weighted by atomic mass is 9.95. The number of hydrogen-bond donors (Lipinski definition) is 1. The second-order valence-electron chi connectivity index (χ2n) is 5.71. The molecule has 0 saturated carbocycles. The molecule has 2 rings (SSSR count). The molecule has 1 aromatic carbocycles. The van der Waals surface area contributed by atoms with Crippen molar-refractivity contribution in [2.75, 3.05) is 6.54 Å². The molecule has 2 N–H and O–H groups in total. The quantitative estimate of drug-likeness (QED) is 0.879. The van der Waals surface area contributed by atoms with E-state index in [1.807, 2.05) is 4.68 Å². The Balaban J connectivity index is 2.05. The van der Waals surface area contributed by atoms with E-state index in [1.54, 1.807) is 6.33 Å². The minimum Gasteiger partial charge on any atom is -0.330 e. The zero-order valence-corrected chi connectivity index (χ0v) is 12.6. The molecular formula is C16H24N4. The third kappa shape index (κ3) is 3.67. The molecule has 0 fully saturated rings. The summed E-state index contributed by atoms with van der Waals surface area (Å²) in [7, 11) is 0. The molecule has 108 valence electrons. The van der Waals surface area contributed by atoms with E-state index in [1.165, 1.54) is 11.1 Å². The summed E-state index contributed by atoms with van der Waals surface area (Å²) in [5.74, 6) is 1.43. The molecule has 2 aromatic rings. The van der Waals surface area contributed by atoms with Crippen molar-refractivity contribution in [2.45, 2.75) is 39.7 Å². The van der Waals surface area contributed by atoms with Crippen molar-refractivity contribution in [2.24, 2.45) is 11.7 Å². The first kappa shape index (κ1) is 14.7. The normalized spacial score (nSPS) is 12.8. The van der Waals surface area contributed by atoms with Gasteiger partial charge in [-0.15, -0.1) is 0 Å². The average Bonchev–Trinajstić information content (AvgIpc) is 2.88. The maximum absolute atomic E-state index is 5.94. The summed E-state index contributed by atoms with van der Waals surface area (Å²) in [5, 5.41) is 4.29. The second kappa shape index (κ2) is 6.66. The van der Waals surface area contributed by atoms with Gasteiger partial charge in [-0.2, -0.15) is 5.10 Å². The summed E-state index contributed by atoms with van der Waals surface area (Å²) in [6.45, 7) is 7.01. The minimum atomic E-state index is 0.338. The highest BCUT2D eigenvalue weighted by Crippen LogP contribution is 2.15. The van der Waals surface area contributed by atoms with Gasteiger partial charge in [-0.05, 0) is 45.2 Å². The largest absolute Gasteiger partial charge is 0.330 e. The van der Waals surface area contributed by atoms with Crippen LogP contribution >= 0.6 is 0 Å². The van der Waals surface area contributed by atoms with Gasteiger partial charge in [-0.3, -0.25) is 0 Å². The Morgan fingerprint density at radius 2 is 1.85 bits per heavy atom. The van der Waals surface area contributed by atoms with E-state index >= 15 is 0 Å². The second-order valence-corrected chi connectivity index (χ2v) is 5.71. The number of hydrogen-bond acceptors (Lipinski definition) is 3. The van der Waals surface area contributed by atoms with Gasteiger partial charge in [0.2, 0.25) is 0 Å². The van der Waals surface area contributed by atoms with Crippen LogP contribution in [0.2, 0.25) is 0 Å². The Hall–Kier alpha value is -1.68. The van der Waals surface area contributed by atoms with Gasteiger partial charge in [0.15, 0.2) is 0 Å². The molecule has 4 nitrogen and oxygen atoms in total. The summed E-state index contributed by atoms with van der Waals surface area (Å²) in [6, 6.07) is 9.01. The van der Waals surface area contributed by atoms with Crippen LogP contribution in [0, 0.1) is 12.8 Å². The van der Waals surface area contributed by atoms with Crippen LogP contribution in [0.15, 0.2) is 30.6 Å². The highest BCUT2D eigenvalue weighted by atomic mass is 15.3. The Morgan fingerprint density at radius 1 is 1.15 bits per heavy atom. The van der Waals surface area contributed by atoms with Gasteiger partial charge < -0.3 is 5.73 Å². The first-order chi connectivity index (χ1) is 9.60. The van der Waals surface area contributed by atoms with Crippen LogP contribution in [0.25, 0.3) is 0 Å². The molecule has 1 unspecified atom stereocenters. The number of rotatable bonds is 6. The molecule has 0 radical (unpaired) electrons. The van der Waals surface area contributed by atoms with Gasteiger partial charge in [0.1, 0.15) is 12.2 Å². The molecule has 0 amide bonds. The van der Waals surface area contributed by atoms with Crippen LogP contribution in [-0.2, 0) is 12.8 Å². The molecule has 0 bridgehead atoms. The predicted molar refractivity (Wildman–Crippen MR) is 81.5 cm³/mol. The molecular weight excluding hydrogens is 248 g/mol. The van der Waals surface area contributed by atoms with Gasteiger partial charge in [0, 0.05) is 12.5 Å². The van der Waals surface area contributed by atoms with Crippen LogP contribution in [0.3, 0.4) is 0 Å². The van der Waals surface area contributed by atoms with E-state index in [0.717, 1.165) is 18.7 Å². The van der Waals surface area contributed by atoms with E-state index in [-0.39, 0.29) is 0 Å². The van der Waals surface area contributed by atoms with E-state index in [0.29, 0.717) is 18.5 Å². The first-order valence-electron chi connectivity index (χ1n) is 7.24. The minimum absolute atomic E-state index is 0.338. The van der Waals surface area contributed by atoms with Crippen molar-refractivity contribution < 1.29 is 0 Å². The molecule has 1 aromatic heterocycles. The molecule has 0 aliphatic heterocycles. The van der Waals surface area contributed by atoms with Crippen LogP contribution in [0.5, 0.6) is 0 Å². The van der Waals surface area contributed by atoms with Gasteiger partial charge in [-0.25, -0.2) is 9.67 Å². The Bertz CT molecular complexity index is 528. The van der Waals surface area contributed by atoms with Crippen molar-refractivity contribution in [1.29, 1.82) is 0 Å². The van der Waals surface area contributed by atoms with Crippen LogP contribution < -0.4 is 5.73 Å². The molecule has 0 aliphatic carbocycles. The van der Waals surface area contributed by atoms with E-state index in [9.17, 15) is 0 Å². The molecule has 1 atom stereocenters. The van der Waals surface area contributed by atoms with Crippen molar-refractivity contribution >= 4 is 0 Å². The smallest absolute Gasteiger partial charge is 0.138 e. The SMILES string of the molecule is Cc1ccc(CC(CN)Cc2ncnn2C(C)C)cc1. The van der Waals surface area contributed by atoms with Crippen LogP contribution in [0.1, 0.15) is 36.8 Å². The lowest BCUT2D eigenvalue weighted by molar-refractivity contribution is 0.457. The van der Waals surface area contributed by atoms with Gasteiger partial charge in [0.05, 0.1) is 0 Å². The lowest BCUT2D eigenvalue weighted by Crippen LogP contribution is -2.22. The fourth-order valence-electron chi connectivity index (χ4n) is 2.41. The first-order valence-corrected chi connectivity index (χ1v) is 7.24. The van der Waals surface area contributed by atoms with Crippen molar-refractivity contribution in [3.63, 3.8) is 0 Å².